The highest BCUT2D eigenvalue weighted by atomic mass is 16.5. The van der Waals surface area contributed by atoms with Gasteiger partial charge in [0.05, 0.1) is 24.0 Å². The smallest absolute Gasteiger partial charge is 0.227 e. The summed E-state index contributed by atoms with van der Waals surface area (Å²) in [7, 11) is 2.18. The molecule has 0 radical (unpaired) electrons. The fraction of sp³-hybridized carbons (Fsp3) is 0.522. The van der Waals surface area contributed by atoms with E-state index < -0.39 is 0 Å². The second-order valence-corrected chi connectivity index (χ2v) is 8.63. The number of fused-ring (bicyclic) bond motifs is 1. The van der Waals surface area contributed by atoms with Gasteiger partial charge in [0.2, 0.25) is 5.95 Å². The van der Waals surface area contributed by atoms with Crippen molar-refractivity contribution in [2.45, 2.75) is 57.1 Å². The van der Waals surface area contributed by atoms with Gasteiger partial charge in [-0.25, -0.2) is 9.97 Å². The van der Waals surface area contributed by atoms with Crippen molar-refractivity contribution in [3.63, 3.8) is 0 Å². The SMILES string of the molecule is CN1CCC(n2cc(Nc3ncc4cccc(OC5CCCCC5)c4n3)cn2)CC1. The van der Waals surface area contributed by atoms with Crippen LogP contribution < -0.4 is 10.1 Å². The van der Waals surface area contributed by atoms with Gasteiger partial charge >= 0.3 is 0 Å². The molecule has 1 aliphatic heterocycles. The fourth-order valence-corrected chi connectivity index (χ4v) is 4.54. The van der Waals surface area contributed by atoms with Crippen molar-refractivity contribution in [1.29, 1.82) is 0 Å². The highest BCUT2D eigenvalue weighted by molar-refractivity contribution is 5.84. The lowest BCUT2D eigenvalue weighted by atomic mass is 9.98. The fourth-order valence-electron chi connectivity index (χ4n) is 4.54. The number of nitrogens with zero attached hydrogens (tertiary/aromatic N) is 5. The number of anilines is 2. The Labute approximate surface area is 177 Å². The van der Waals surface area contributed by atoms with Gasteiger partial charge in [-0.2, -0.15) is 5.10 Å². The van der Waals surface area contributed by atoms with Crippen LogP contribution >= 0.6 is 0 Å². The summed E-state index contributed by atoms with van der Waals surface area (Å²) in [6, 6.07) is 6.53. The summed E-state index contributed by atoms with van der Waals surface area (Å²) in [6.45, 7) is 2.23. The molecule has 1 saturated carbocycles. The molecule has 2 aliphatic rings. The topological polar surface area (TPSA) is 68.1 Å². The van der Waals surface area contributed by atoms with Crippen LogP contribution in [0.2, 0.25) is 0 Å². The molecule has 5 rings (SSSR count). The largest absolute Gasteiger partial charge is 0.488 e. The molecule has 1 saturated heterocycles. The third kappa shape index (κ3) is 4.26. The van der Waals surface area contributed by atoms with E-state index in [0.717, 1.165) is 61.1 Å². The van der Waals surface area contributed by atoms with Crippen molar-refractivity contribution in [3.05, 3.63) is 36.8 Å². The normalized spacial score (nSPS) is 19.2. The molecule has 3 heterocycles. The van der Waals surface area contributed by atoms with Crippen molar-refractivity contribution in [3.8, 4) is 5.75 Å². The van der Waals surface area contributed by atoms with E-state index in [-0.39, 0.29) is 0 Å². The molecule has 158 valence electrons. The summed E-state index contributed by atoms with van der Waals surface area (Å²) >= 11 is 0. The molecule has 0 amide bonds. The van der Waals surface area contributed by atoms with Crippen molar-refractivity contribution < 1.29 is 4.74 Å². The number of hydrogen-bond donors (Lipinski definition) is 1. The van der Waals surface area contributed by atoms with Gasteiger partial charge in [-0.3, -0.25) is 4.68 Å². The number of nitrogens with one attached hydrogen (secondary N) is 1. The van der Waals surface area contributed by atoms with Gasteiger partial charge in [-0.1, -0.05) is 18.6 Å². The zero-order valence-corrected chi connectivity index (χ0v) is 17.6. The Hall–Kier alpha value is -2.67. The Morgan fingerprint density at radius 2 is 1.87 bits per heavy atom. The maximum atomic E-state index is 6.33. The van der Waals surface area contributed by atoms with Gasteiger partial charge in [0.25, 0.3) is 0 Å². The summed E-state index contributed by atoms with van der Waals surface area (Å²) < 4.78 is 8.40. The highest BCUT2D eigenvalue weighted by Crippen LogP contribution is 2.29. The van der Waals surface area contributed by atoms with Crippen LogP contribution in [0.25, 0.3) is 10.9 Å². The number of para-hydroxylation sites is 1. The van der Waals surface area contributed by atoms with E-state index in [0.29, 0.717) is 18.1 Å². The third-order valence-electron chi connectivity index (χ3n) is 6.34. The lowest BCUT2D eigenvalue weighted by Crippen LogP contribution is -2.31. The van der Waals surface area contributed by atoms with Crippen LogP contribution in [0.4, 0.5) is 11.6 Å². The van der Waals surface area contributed by atoms with Gasteiger partial charge in [-0.05, 0) is 64.7 Å². The van der Waals surface area contributed by atoms with E-state index in [1.807, 2.05) is 30.6 Å². The van der Waals surface area contributed by atoms with Gasteiger partial charge in [-0.15, -0.1) is 0 Å². The number of likely N-dealkylation sites (tertiary alicyclic amines) is 1. The summed E-state index contributed by atoms with van der Waals surface area (Å²) in [6.07, 6.45) is 14.4. The summed E-state index contributed by atoms with van der Waals surface area (Å²) in [5.41, 5.74) is 1.78. The van der Waals surface area contributed by atoms with Crippen LogP contribution in [-0.2, 0) is 0 Å². The molecular formula is C23H30N6O. The first-order chi connectivity index (χ1) is 14.7. The monoisotopic (exact) mass is 406 g/mol. The molecule has 1 N–H and O–H groups in total. The number of rotatable bonds is 5. The van der Waals surface area contributed by atoms with Crippen LogP contribution in [0.1, 0.15) is 51.0 Å². The molecule has 0 atom stereocenters. The molecule has 0 spiro atoms. The van der Waals surface area contributed by atoms with E-state index >= 15 is 0 Å². The Morgan fingerprint density at radius 1 is 1.03 bits per heavy atom. The van der Waals surface area contributed by atoms with Crippen molar-refractivity contribution in [2.24, 2.45) is 0 Å². The Morgan fingerprint density at radius 3 is 2.70 bits per heavy atom. The number of hydrogen-bond acceptors (Lipinski definition) is 6. The minimum absolute atomic E-state index is 0.295. The third-order valence-corrected chi connectivity index (χ3v) is 6.34. The first kappa shape index (κ1) is 19.3. The molecule has 7 nitrogen and oxygen atoms in total. The predicted octanol–water partition coefficient (Wildman–Crippen LogP) is 4.55. The maximum Gasteiger partial charge on any atom is 0.227 e. The maximum absolute atomic E-state index is 6.33. The summed E-state index contributed by atoms with van der Waals surface area (Å²) in [4.78, 5) is 11.6. The zero-order chi connectivity index (χ0) is 20.3. The summed E-state index contributed by atoms with van der Waals surface area (Å²) in [5.74, 6) is 1.43. The van der Waals surface area contributed by atoms with Crippen LogP contribution in [0, 0.1) is 0 Å². The Balaban J connectivity index is 1.33. The lowest BCUT2D eigenvalue weighted by molar-refractivity contribution is 0.157. The zero-order valence-electron chi connectivity index (χ0n) is 17.6. The first-order valence-corrected chi connectivity index (χ1v) is 11.2. The quantitative estimate of drug-likeness (QED) is 0.670. The van der Waals surface area contributed by atoms with E-state index in [2.05, 4.69) is 38.2 Å². The Bertz CT molecular complexity index is 988. The van der Waals surface area contributed by atoms with Gasteiger partial charge in [0.1, 0.15) is 11.3 Å². The van der Waals surface area contributed by atoms with Crippen molar-refractivity contribution in [1.82, 2.24) is 24.6 Å². The molecular weight excluding hydrogens is 376 g/mol. The number of piperidine rings is 1. The highest BCUT2D eigenvalue weighted by Gasteiger charge is 2.19. The summed E-state index contributed by atoms with van der Waals surface area (Å²) in [5, 5.41) is 8.89. The molecule has 7 heteroatoms. The van der Waals surface area contributed by atoms with Gasteiger partial charge in [0.15, 0.2) is 0 Å². The van der Waals surface area contributed by atoms with Crippen molar-refractivity contribution >= 4 is 22.5 Å². The van der Waals surface area contributed by atoms with Gasteiger partial charge in [0, 0.05) is 17.8 Å². The van der Waals surface area contributed by atoms with Gasteiger partial charge < -0.3 is 15.0 Å². The van der Waals surface area contributed by atoms with Crippen molar-refractivity contribution in [2.75, 3.05) is 25.5 Å². The average molecular weight is 407 g/mol. The van der Waals surface area contributed by atoms with Crippen LogP contribution in [0.3, 0.4) is 0 Å². The molecule has 0 unspecified atom stereocenters. The second-order valence-electron chi connectivity index (χ2n) is 8.63. The standard InChI is InChI=1S/C23H30N6O/c1-28-12-10-19(11-13-28)29-16-18(15-25-29)26-23-24-14-17-6-5-9-21(22(17)27-23)30-20-7-3-2-4-8-20/h5-6,9,14-16,19-20H,2-4,7-8,10-13H2,1H3,(H,24,26,27). The van der Waals surface area contributed by atoms with E-state index in [1.165, 1.54) is 19.3 Å². The molecule has 2 aromatic heterocycles. The van der Waals surface area contributed by atoms with E-state index in [1.54, 1.807) is 0 Å². The minimum Gasteiger partial charge on any atom is -0.488 e. The van der Waals surface area contributed by atoms with E-state index in [9.17, 15) is 0 Å². The van der Waals surface area contributed by atoms with E-state index in [4.69, 9.17) is 9.72 Å². The predicted molar refractivity (Wildman–Crippen MR) is 118 cm³/mol. The number of ether oxygens (including phenoxy) is 1. The molecule has 2 fully saturated rings. The molecule has 30 heavy (non-hydrogen) atoms. The molecule has 3 aromatic rings. The number of aromatic nitrogens is 4. The van der Waals surface area contributed by atoms with Crippen LogP contribution in [0.5, 0.6) is 5.75 Å². The minimum atomic E-state index is 0.295. The molecule has 1 aliphatic carbocycles. The first-order valence-electron chi connectivity index (χ1n) is 11.2. The van der Waals surface area contributed by atoms with Crippen LogP contribution in [-0.4, -0.2) is 50.9 Å². The average Bonchev–Trinajstić information content (AvgIpc) is 3.24. The Kier molecular flexibility index (Phi) is 5.53. The lowest BCUT2D eigenvalue weighted by Gasteiger charge is -2.28. The number of benzene rings is 1. The van der Waals surface area contributed by atoms with Crippen LogP contribution in [0.15, 0.2) is 36.8 Å². The second kappa shape index (κ2) is 8.60. The molecule has 1 aromatic carbocycles. The molecule has 0 bridgehead atoms.